The summed E-state index contributed by atoms with van der Waals surface area (Å²) in [4.78, 5) is 14.9. The van der Waals surface area contributed by atoms with E-state index in [2.05, 4.69) is 72.6 Å². The second-order valence-electron chi connectivity index (χ2n) is 7.87. The summed E-state index contributed by atoms with van der Waals surface area (Å²) in [6.07, 6.45) is 1.93. The largest absolute Gasteiger partial charge is 0.355 e. The minimum absolute atomic E-state index is 0.177. The Hall–Kier alpha value is -1.78. The third-order valence-corrected chi connectivity index (χ3v) is 6.41. The Morgan fingerprint density at radius 1 is 1.04 bits per heavy atom. The summed E-state index contributed by atoms with van der Waals surface area (Å²) in [5.74, 6) is 2.39. The number of likely N-dealkylation sites (tertiary alicyclic amines) is 1. The number of thioether (sulfide) groups is 1. The summed E-state index contributed by atoms with van der Waals surface area (Å²) < 4.78 is 0. The summed E-state index contributed by atoms with van der Waals surface area (Å²) in [7, 11) is 0. The van der Waals surface area contributed by atoms with Gasteiger partial charge in [0, 0.05) is 30.5 Å². The topological polar surface area (TPSA) is 32.3 Å². The molecular weight excluding hydrogens is 364 g/mol. The predicted molar refractivity (Wildman–Crippen MR) is 120 cm³/mol. The predicted octanol–water partition coefficient (Wildman–Crippen LogP) is 4.57. The lowest BCUT2D eigenvalue weighted by molar-refractivity contribution is -0.126. The van der Waals surface area contributed by atoms with Crippen LogP contribution in [0.25, 0.3) is 0 Å². The molecule has 1 aliphatic heterocycles. The van der Waals surface area contributed by atoms with Gasteiger partial charge in [-0.1, -0.05) is 59.7 Å². The maximum Gasteiger partial charge on any atom is 0.223 e. The number of nitrogens with one attached hydrogen (secondary N) is 1. The average molecular weight is 397 g/mol. The lowest BCUT2D eigenvalue weighted by atomic mass is 9.95. The molecule has 0 aromatic heterocycles. The van der Waals surface area contributed by atoms with Gasteiger partial charge >= 0.3 is 0 Å². The number of hydrogen-bond acceptors (Lipinski definition) is 3. The van der Waals surface area contributed by atoms with Gasteiger partial charge < -0.3 is 5.32 Å². The van der Waals surface area contributed by atoms with Crippen molar-refractivity contribution in [3.05, 3.63) is 70.8 Å². The van der Waals surface area contributed by atoms with Crippen molar-refractivity contribution < 1.29 is 4.79 Å². The normalized spacial score (nSPS) is 15.5. The van der Waals surface area contributed by atoms with E-state index in [4.69, 9.17) is 0 Å². The highest BCUT2D eigenvalue weighted by molar-refractivity contribution is 7.98. The van der Waals surface area contributed by atoms with Gasteiger partial charge in [-0.2, -0.15) is 11.8 Å². The highest BCUT2D eigenvalue weighted by Crippen LogP contribution is 2.20. The van der Waals surface area contributed by atoms with Gasteiger partial charge in [0.25, 0.3) is 0 Å². The molecule has 1 saturated heterocycles. The SMILES string of the molecule is Cc1ccc(CSCCNC(=O)C2CCN(Cc3cccc(C)c3)CC2)cc1. The molecule has 0 atom stereocenters. The second-order valence-corrected chi connectivity index (χ2v) is 8.97. The van der Waals surface area contributed by atoms with Crippen LogP contribution in [-0.4, -0.2) is 36.2 Å². The average Bonchev–Trinajstić information content (AvgIpc) is 2.69. The Balaban J connectivity index is 1.30. The summed E-state index contributed by atoms with van der Waals surface area (Å²) in [5, 5.41) is 3.14. The molecule has 1 fully saturated rings. The number of hydrogen-bond donors (Lipinski definition) is 1. The van der Waals surface area contributed by atoms with Crippen molar-refractivity contribution in [3.8, 4) is 0 Å². The van der Waals surface area contributed by atoms with Crippen LogP contribution in [0.2, 0.25) is 0 Å². The minimum atomic E-state index is 0.177. The molecule has 28 heavy (non-hydrogen) atoms. The first-order chi connectivity index (χ1) is 13.6. The van der Waals surface area contributed by atoms with Crippen LogP contribution < -0.4 is 5.32 Å². The zero-order chi connectivity index (χ0) is 19.8. The Morgan fingerprint density at radius 3 is 2.50 bits per heavy atom. The van der Waals surface area contributed by atoms with Crippen molar-refractivity contribution in [3.63, 3.8) is 0 Å². The minimum Gasteiger partial charge on any atom is -0.355 e. The van der Waals surface area contributed by atoms with E-state index in [1.165, 1.54) is 22.3 Å². The molecule has 1 heterocycles. The van der Waals surface area contributed by atoms with Gasteiger partial charge in [0.05, 0.1) is 0 Å². The first-order valence-corrected chi connectivity index (χ1v) is 11.4. The summed E-state index contributed by atoms with van der Waals surface area (Å²) in [6.45, 7) is 8.02. The fraction of sp³-hybridized carbons (Fsp3) is 0.458. The fourth-order valence-electron chi connectivity index (χ4n) is 3.69. The lowest BCUT2D eigenvalue weighted by Gasteiger charge is -2.31. The number of carbonyl (C=O) groups is 1. The van der Waals surface area contributed by atoms with Crippen LogP contribution in [0.1, 0.15) is 35.1 Å². The fourth-order valence-corrected chi connectivity index (χ4v) is 4.51. The van der Waals surface area contributed by atoms with Gasteiger partial charge in [0.1, 0.15) is 0 Å². The molecule has 150 valence electrons. The summed E-state index contributed by atoms with van der Waals surface area (Å²) >= 11 is 1.88. The van der Waals surface area contributed by atoms with Crippen LogP contribution in [0.15, 0.2) is 48.5 Å². The van der Waals surface area contributed by atoms with Crippen molar-refractivity contribution in [1.29, 1.82) is 0 Å². The van der Waals surface area contributed by atoms with Gasteiger partial charge in [-0.3, -0.25) is 9.69 Å². The number of benzene rings is 2. The number of amides is 1. The van der Waals surface area contributed by atoms with Crippen LogP contribution >= 0.6 is 11.8 Å². The smallest absolute Gasteiger partial charge is 0.223 e. The number of piperidine rings is 1. The van der Waals surface area contributed by atoms with Crippen molar-refractivity contribution in [2.24, 2.45) is 5.92 Å². The van der Waals surface area contributed by atoms with E-state index >= 15 is 0 Å². The lowest BCUT2D eigenvalue weighted by Crippen LogP contribution is -2.40. The second kappa shape index (κ2) is 10.7. The van der Waals surface area contributed by atoms with Crippen molar-refractivity contribution in [2.75, 3.05) is 25.4 Å². The molecule has 0 spiro atoms. The van der Waals surface area contributed by atoms with Crippen LogP contribution in [-0.2, 0) is 17.1 Å². The van der Waals surface area contributed by atoms with Gasteiger partial charge in [-0.15, -0.1) is 0 Å². The molecule has 3 rings (SSSR count). The number of nitrogens with zero attached hydrogens (tertiary/aromatic N) is 1. The summed E-state index contributed by atoms with van der Waals surface area (Å²) in [6, 6.07) is 17.4. The number of aryl methyl sites for hydroxylation is 2. The van der Waals surface area contributed by atoms with E-state index in [9.17, 15) is 4.79 Å². The molecule has 1 amide bonds. The van der Waals surface area contributed by atoms with E-state index in [1.54, 1.807) is 0 Å². The molecule has 4 heteroatoms. The first kappa shape index (κ1) is 20.9. The maximum atomic E-state index is 12.4. The standard InChI is InChI=1S/C24H32N2OS/c1-19-6-8-21(9-7-19)18-28-15-12-25-24(27)23-10-13-26(14-11-23)17-22-5-3-4-20(2)16-22/h3-9,16,23H,10-15,17-18H2,1-2H3,(H,25,27). The Morgan fingerprint density at radius 2 is 1.79 bits per heavy atom. The van der Waals surface area contributed by atoms with Crippen LogP contribution in [0.3, 0.4) is 0 Å². The van der Waals surface area contributed by atoms with E-state index in [0.29, 0.717) is 0 Å². The van der Waals surface area contributed by atoms with Crippen molar-refractivity contribution in [1.82, 2.24) is 10.2 Å². The Labute approximate surface area is 173 Å². The highest BCUT2D eigenvalue weighted by Gasteiger charge is 2.24. The van der Waals surface area contributed by atoms with E-state index in [1.807, 2.05) is 11.8 Å². The van der Waals surface area contributed by atoms with Crippen LogP contribution in [0.5, 0.6) is 0 Å². The monoisotopic (exact) mass is 396 g/mol. The molecule has 1 aliphatic rings. The van der Waals surface area contributed by atoms with Gasteiger partial charge in [0.15, 0.2) is 0 Å². The maximum absolute atomic E-state index is 12.4. The van der Waals surface area contributed by atoms with Crippen molar-refractivity contribution in [2.45, 2.75) is 39.0 Å². The molecule has 0 aliphatic carbocycles. The third-order valence-electron chi connectivity index (χ3n) is 5.38. The van der Waals surface area contributed by atoms with Crippen molar-refractivity contribution >= 4 is 17.7 Å². The Bertz CT molecular complexity index is 751. The molecule has 0 bridgehead atoms. The van der Waals surface area contributed by atoms with Gasteiger partial charge in [-0.25, -0.2) is 0 Å². The zero-order valence-electron chi connectivity index (χ0n) is 17.1. The van der Waals surface area contributed by atoms with E-state index in [0.717, 1.165) is 50.5 Å². The highest BCUT2D eigenvalue weighted by atomic mass is 32.2. The Kier molecular flexibility index (Phi) is 7.99. The zero-order valence-corrected chi connectivity index (χ0v) is 17.9. The van der Waals surface area contributed by atoms with E-state index < -0.39 is 0 Å². The van der Waals surface area contributed by atoms with Crippen LogP contribution in [0.4, 0.5) is 0 Å². The van der Waals surface area contributed by atoms with E-state index in [-0.39, 0.29) is 11.8 Å². The molecule has 0 saturated carbocycles. The van der Waals surface area contributed by atoms with Gasteiger partial charge in [-0.05, 0) is 50.9 Å². The number of rotatable bonds is 8. The third kappa shape index (κ3) is 6.68. The molecule has 1 N–H and O–H groups in total. The molecule has 0 unspecified atom stereocenters. The molecule has 2 aromatic rings. The quantitative estimate of drug-likeness (QED) is 0.664. The summed E-state index contributed by atoms with van der Waals surface area (Å²) in [5.41, 5.74) is 5.33. The molecule has 0 radical (unpaired) electrons. The van der Waals surface area contributed by atoms with Gasteiger partial charge in [0.2, 0.25) is 5.91 Å². The number of carbonyl (C=O) groups excluding carboxylic acids is 1. The molecule has 2 aromatic carbocycles. The molecule has 3 nitrogen and oxygen atoms in total. The molecular formula is C24H32N2OS. The van der Waals surface area contributed by atoms with Crippen LogP contribution in [0, 0.1) is 19.8 Å². The first-order valence-electron chi connectivity index (χ1n) is 10.3.